The Morgan fingerprint density at radius 3 is 2.22 bits per heavy atom. The fourth-order valence-corrected chi connectivity index (χ4v) is 3.69. The van der Waals surface area contributed by atoms with E-state index >= 15 is 0 Å². The van der Waals surface area contributed by atoms with Crippen molar-refractivity contribution in [1.82, 2.24) is 9.80 Å². The number of hydrogen-bond donors (Lipinski definition) is 1. The normalized spacial score (nSPS) is 31.8. The van der Waals surface area contributed by atoms with Crippen LogP contribution < -0.4 is 5.73 Å². The molecule has 1 saturated carbocycles. The van der Waals surface area contributed by atoms with Crippen LogP contribution >= 0.6 is 0 Å². The highest BCUT2D eigenvalue weighted by atomic mass is 15.3. The molecule has 3 nitrogen and oxygen atoms in total. The van der Waals surface area contributed by atoms with E-state index in [1.807, 2.05) is 0 Å². The van der Waals surface area contributed by atoms with Crippen LogP contribution in [0, 0.1) is 0 Å². The van der Waals surface area contributed by atoms with Crippen molar-refractivity contribution in [3.63, 3.8) is 0 Å². The van der Waals surface area contributed by atoms with E-state index in [1.165, 1.54) is 64.6 Å². The van der Waals surface area contributed by atoms with Crippen molar-refractivity contribution < 1.29 is 0 Å². The largest absolute Gasteiger partial charge is 0.329 e. The van der Waals surface area contributed by atoms with Crippen LogP contribution in [-0.4, -0.2) is 54.6 Å². The summed E-state index contributed by atoms with van der Waals surface area (Å²) in [5, 5.41) is 0. The van der Waals surface area contributed by atoms with E-state index in [0.717, 1.165) is 6.54 Å². The smallest absolute Gasteiger partial charge is 0.0332 e. The van der Waals surface area contributed by atoms with Crippen LogP contribution in [0.25, 0.3) is 0 Å². The molecule has 1 aliphatic heterocycles. The summed E-state index contributed by atoms with van der Waals surface area (Å²) in [4.78, 5) is 5.20. The topological polar surface area (TPSA) is 32.5 Å². The van der Waals surface area contributed by atoms with Crippen molar-refractivity contribution in [3.8, 4) is 0 Å². The third-order valence-electron chi connectivity index (χ3n) is 5.29. The summed E-state index contributed by atoms with van der Waals surface area (Å²) in [7, 11) is 2.25. The molecule has 1 atom stereocenters. The van der Waals surface area contributed by atoms with Crippen molar-refractivity contribution in [3.05, 3.63) is 0 Å². The number of rotatable bonds is 2. The first-order chi connectivity index (χ1) is 8.68. The number of nitrogens with two attached hydrogens (primary N) is 1. The Hall–Kier alpha value is -0.120. The number of nitrogens with zero attached hydrogens (tertiary/aromatic N) is 2. The van der Waals surface area contributed by atoms with Crippen LogP contribution in [0.15, 0.2) is 0 Å². The second-order valence-electron chi connectivity index (χ2n) is 6.47. The first-order valence-electron chi connectivity index (χ1n) is 7.83. The Kier molecular flexibility index (Phi) is 5.05. The third kappa shape index (κ3) is 3.06. The summed E-state index contributed by atoms with van der Waals surface area (Å²) in [6, 6.07) is 0.674. The van der Waals surface area contributed by atoms with Gasteiger partial charge in [0.25, 0.3) is 0 Å². The van der Waals surface area contributed by atoms with E-state index in [2.05, 4.69) is 23.8 Å². The molecule has 1 saturated heterocycles. The van der Waals surface area contributed by atoms with Crippen molar-refractivity contribution in [2.24, 2.45) is 5.73 Å². The molecule has 0 aromatic heterocycles. The molecule has 18 heavy (non-hydrogen) atoms. The van der Waals surface area contributed by atoms with Gasteiger partial charge in [0.1, 0.15) is 0 Å². The summed E-state index contributed by atoms with van der Waals surface area (Å²) in [6.07, 6.45) is 9.63. The molecule has 2 aliphatic rings. The fraction of sp³-hybridized carbons (Fsp3) is 1.00. The van der Waals surface area contributed by atoms with Gasteiger partial charge in [-0.2, -0.15) is 0 Å². The molecule has 0 spiro atoms. The van der Waals surface area contributed by atoms with Crippen molar-refractivity contribution in [1.29, 1.82) is 0 Å². The maximum Gasteiger partial charge on any atom is 0.0332 e. The highest BCUT2D eigenvalue weighted by molar-refractivity contribution is 4.95. The number of likely N-dealkylation sites (N-methyl/N-ethyl adjacent to an activating group) is 1. The molecule has 0 aromatic carbocycles. The van der Waals surface area contributed by atoms with Gasteiger partial charge in [-0.1, -0.05) is 32.1 Å². The van der Waals surface area contributed by atoms with Gasteiger partial charge < -0.3 is 10.6 Å². The van der Waals surface area contributed by atoms with Crippen molar-refractivity contribution in [2.75, 3.05) is 33.2 Å². The maximum atomic E-state index is 6.21. The summed E-state index contributed by atoms with van der Waals surface area (Å²) in [6.45, 7) is 6.80. The monoisotopic (exact) mass is 253 g/mol. The quantitative estimate of drug-likeness (QED) is 0.817. The summed E-state index contributed by atoms with van der Waals surface area (Å²) in [5.74, 6) is 0. The second kappa shape index (κ2) is 6.36. The minimum Gasteiger partial charge on any atom is -0.329 e. The standard InChI is InChI=1S/C15H31N3/c1-14-12-18(11-10-17(14)2)15(13-16)8-6-4-3-5-7-9-15/h14H,3-13,16H2,1-2H3. The van der Waals surface area contributed by atoms with Gasteiger partial charge >= 0.3 is 0 Å². The van der Waals surface area contributed by atoms with E-state index in [1.54, 1.807) is 0 Å². The zero-order valence-electron chi connectivity index (χ0n) is 12.3. The molecule has 2 rings (SSSR count). The van der Waals surface area contributed by atoms with E-state index in [0.29, 0.717) is 11.6 Å². The van der Waals surface area contributed by atoms with Gasteiger partial charge in [0.05, 0.1) is 0 Å². The van der Waals surface area contributed by atoms with E-state index in [-0.39, 0.29) is 0 Å². The SMILES string of the molecule is CC1CN(C2(CN)CCCCCCC2)CCN1C. The average Bonchev–Trinajstić information content (AvgIpc) is 2.34. The van der Waals surface area contributed by atoms with Crippen molar-refractivity contribution >= 4 is 0 Å². The lowest BCUT2D eigenvalue weighted by atomic mass is 9.81. The minimum absolute atomic E-state index is 0.315. The average molecular weight is 253 g/mol. The predicted molar refractivity (Wildman–Crippen MR) is 77.8 cm³/mol. The van der Waals surface area contributed by atoms with Gasteiger partial charge in [0, 0.05) is 37.8 Å². The number of piperazine rings is 1. The van der Waals surface area contributed by atoms with Gasteiger partial charge in [-0.25, -0.2) is 0 Å². The van der Waals surface area contributed by atoms with E-state index in [4.69, 9.17) is 5.73 Å². The molecule has 3 heteroatoms. The Morgan fingerprint density at radius 1 is 1.06 bits per heavy atom. The summed E-state index contributed by atoms with van der Waals surface area (Å²) in [5.41, 5.74) is 6.53. The Bertz CT molecular complexity index is 246. The molecule has 0 bridgehead atoms. The minimum atomic E-state index is 0.315. The molecule has 1 aliphatic carbocycles. The maximum absolute atomic E-state index is 6.21. The first-order valence-corrected chi connectivity index (χ1v) is 7.83. The fourth-order valence-electron chi connectivity index (χ4n) is 3.69. The van der Waals surface area contributed by atoms with Gasteiger partial charge in [0.2, 0.25) is 0 Å². The first kappa shape index (κ1) is 14.3. The lowest BCUT2D eigenvalue weighted by molar-refractivity contribution is 0.00361. The Balaban J connectivity index is 2.04. The molecule has 0 amide bonds. The van der Waals surface area contributed by atoms with Gasteiger partial charge in [-0.05, 0) is 26.8 Å². The van der Waals surface area contributed by atoms with Crippen molar-refractivity contribution in [2.45, 2.75) is 63.5 Å². The zero-order chi connectivity index (χ0) is 13.0. The summed E-state index contributed by atoms with van der Waals surface area (Å²) < 4.78 is 0. The highest BCUT2D eigenvalue weighted by Crippen LogP contribution is 2.32. The molecular weight excluding hydrogens is 222 g/mol. The second-order valence-corrected chi connectivity index (χ2v) is 6.47. The molecule has 1 heterocycles. The summed E-state index contributed by atoms with van der Waals surface area (Å²) >= 11 is 0. The van der Waals surface area contributed by atoms with Gasteiger partial charge in [-0.15, -0.1) is 0 Å². The Morgan fingerprint density at radius 2 is 1.67 bits per heavy atom. The highest BCUT2D eigenvalue weighted by Gasteiger charge is 2.37. The van der Waals surface area contributed by atoms with Crippen LogP contribution in [0.1, 0.15) is 51.9 Å². The van der Waals surface area contributed by atoms with Crippen LogP contribution in [0.4, 0.5) is 0 Å². The third-order valence-corrected chi connectivity index (χ3v) is 5.29. The molecule has 106 valence electrons. The van der Waals surface area contributed by atoms with Gasteiger partial charge in [-0.3, -0.25) is 4.90 Å². The number of hydrogen-bond acceptors (Lipinski definition) is 3. The lowest BCUT2D eigenvalue weighted by Gasteiger charge is -2.50. The molecule has 2 N–H and O–H groups in total. The van der Waals surface area contributed by atoms with Crippen LogP contribution in [0.5, 0.6) is 0 Å². The van der Waals surface area contributed by atoms with Crippen LogP contribution in [0.2, 0.25) is 0 Å². The molecule has 0 radical (unpaired) electrons. The Labute approximate surface area is 113 Å². The predicted octanol–water partition coefficient (Wildman–Crippen LogP) is 2.06. The lowest BCUT2D eigenvalue weighted by Crippen LogP contribution is -2.62. The van der Waals surface area contributed by atoms with Gasteiger partial charge in [0.15, 0.2) is 0 Å². The molecule has 1 unspecified atom stereocenters. The van der Waals surface area contributed by atoms with Crippen LogP contribution in [0.3, 0.4) is 0 Å². The van der Waals surface area contributed by atoms with Crippen LogP contribution in [-0.2, 0) is 0 Å². The molecule has 0 aromatic rings. The molecular formula is C15H31N3. The van der Waals surface area contributed by atoms with E-state index < -0.39 is 0 Å². The van der Waals surface area contributed by atoms with E-state index in [9.17, 15) is 0 Å². The molecule has 2 fully saturated rings. The zero-order valence-corrected chi connectivity index (χ0v) is 12.3.